The van der Waals surface area contributed by atoms with Crippen LogP contribution in [0.4, 0.5) is 5.69 Å². The average molecular weight is 631 g/mol. The number of benzene rings is 4. The minimum Gasteiger partial charge on any atom is -0.378 e. The molecule has 0 saturated carbocycles. The monoisotopic (exact) mass is 629 g/mol. The zero-order valence-corrected chi connectivity index (χ0v) is 25.9. The van der Waals surface area contributed by atoms with Gasteiger partial charge in [0.1, 0.15) is 0 Å². The molecule has 43 heavy (non-hydrogen) atoms. The van der Waals surface area contributed by atoms with Crippen LogP contribution in [0.1, 0.15) is 46.7 Å². The van der Waals surface area contributed by atoms with Crippen molar-refractivity contribution in [3.05, 3.63) is 142 Å². The van der Waals surface area contributed by atoms with Crippen molar-refractivity contribution in [1.29, 1.82) is 0 Å². The van der Waals surface area contributed by atoms with Crippen LogP contribution >= 0.6 is 23.2 Å². The molecule has 8 heteroatoms. The third-order valence-electron chi connectivity index (χ3n) is 9.15. The number of hydrogen-bond acceptors (Lipinski definition) is 4. The molecule has 1 N–H and O–H groups in total. The number of piperazine rings is 1. The molecule has 4 aromatic rings. The molecule has 3 aliphatic rings. The van der Waals surface area contributed by atoms with Crippen molar-refractivity contribution in [1.82, 2.24) is 9.21 Å². The summed E-state index contributed by atoms with van der Waals surface area (Å²) in [6, 6.07) is 32.0. The molecule has 0 bridgehead atoms. The van der Waals surface area contributed by atoms with E-state index >= 15 is 0 Å². The Balaban J connectivity index is 1.13. The Kier molecular flexibility index (Phi) is 7.83. The van der Waals surface area contributed by atoms with Crippen molar-refractivity contribution < 1.29 is 8.42 Å². The van der Waals surface area contributed by atoms with E-state index in [0.29, 0.717) is 41.1 Å². The van der Waals surface area contributed by atoms with Gasteiger partial charge >= 0.3 is 0 Å². The van der Waals surface area contributed by atoms with Crippen LogP contribution in [0.25, 0.3) is 0 Å². The van der Waals surface area contributed by atoms with Crippen molar-refractivity contribution in [3.63, 3.8) is 0 Å². The molecule has 4 aromatic carbocycles. The first kappa shape index (κ1) is 28.6. The quantitative estimate of drug-likeness (QED) is 0.220. The van der Waals surface area contributed by atoms with Gasteiger partial charge < -0.3 is 5.32 Å². The van der Waals surface area contributed by atoms with Gasteiger partial charge in [-0.15, -0.1) is 0 Å². The van der Waals surface area contributed by atoms with E-state index in [0.717, 1.165) is 23.2 Å². The second kappa shape index (κ2) is 11.8. The van der Waals surface area contributed by atoms with E-state index in [1.165, 1.54) is 11.1 Å². The van der Waals surface area contributed by atoms with Crippen LogP contribution in [0.15, 0.2) is 114 Å². The highest BCUT2D eigenvalue weighted by Gasteiger charge is 2.40. The molecular weight excluding hydrogens is 597 g/mol. The molecule has 0 radical (unpaired) electrons. The number of allylic oxidation sites excluding steroid dienone is 2. The first-order valence-electron chi connectivity index (χ1n) is 14.8. The Morgan fingerprint density at radius 1 is 0.767 bits per heavy atom. The molecule has 3 unspecified atom stereocenters. The van der Waals surface area contributed by atoms with Gasteiger partial charge in [0.15, 0.2) is 0 Å². The van der Waals surface area contributed by atoms with E-state index in [-0.39, 0.29) is 23.9 Å². The third kappa shape index (κ3) is 5.30. The fourth-order valence-corrected chi connectivity index (χ4v) is 9.15. The number of rotatable bonds is 6. The minimum atomic E-state index is -3.67. The first-order valence-corrected chi connectivity index (χ1v) is 17.0. The van der Waals surface area contributed by atoms with Crippen LogP contribution in [0.3, 0.4) is 0 Å². The average Bonchev–Trinajstić information content (AvgIpc) is 3.53. The van der Waals surface area contributed by atoms with Gasteiger partial charge in [0.05, 0.1) is 17.0 Å². The number of anilines is 1. The van der Waals surface area contributed by atoms with Gasteiger partial charge in [-0.1, -0.05) is 102 Å². The summed E-state index contributed by atoms with van der Waals surface area (Å²) in [5.41, 5.74) is 5.25. The van der Waals surface area contributed by atoms with Gasteiger partial charge in [-0.3, -0.25) is 4.90 Å². The summed E-state index contributed by atoms with van der Waals surface area (Å²) >= 11 is 13.2. The summed E-state index contributed by atoms with van der Waals surface area (Å²) in [7, 11) is -3.67. The van der Waals surface area contributed by atoms with Crippen molar-refractivity contribution in [2.45, 2.75) is 29.3 Å². The molecule has 1 saturated heterocycles. The highest BCUT2D eigenvalue weighted by molar-refractivity contribution is 7.89. The number of sulfonamides is 1. The van der Waals surface area contributed by atoms with E-state index in [1.54, 1.807) is 10.4 Å². The van der Waals surface area contributed by atoms with Crippen LogP contribution < -0.4 is 5.32 Å². The van der Waals surface area contributed by atoms with Crippen LogP contribution in [0.5, 0.6) is 0 Å². The van der Waals surface area contributed by atoms with Crippen LogP contribution in [-0.2, 0) is 10.0 Å². The highest BCUT2D eigenvalue weighted by Crippen LogP contribution is 2.52. The summed E-state index contributed by atoms with van der Waals surface area (Å²) in [6.45, 7) is 2.17. The van der Waals surface area contributed by atoms with Crippen LogP contribution in [-0.4, -0.2) is 43.8 Å². The fraction of sp³-hybridized carbons (Fsp3) is 0.257. The lowest BCUT2D eigenvalue weighted by Crippen LogP contribution is -2.49. The van der Waals surface area contributed by atoms with Gasteiger partial charge in [0.25, 0.3) is 0 Å². The lowest BCUT2D eigenvalue weighted by atomic mass is 9.77. The number of nitrogens with one attached hydrogen (secondary N) is 1. The fourth-order valence-electron chi connectivity index (χ4n) is 7.06. The number of halogens is 2. The van der Waals surface area contributed by atoms with Gasteiger partial charge in [0.2, 0.25) is 10.0 Å². The summed E-state index contributed by atoms with van der Waals surface area (Å²) in [4.78, 5) is 2.74. The van der Waals surface area contributed by atoms with Gasteiger partial charge in [-0.2, -0.15) is 4.31 Å². The maximum absolute atomic E-state index is 14.0. The minimum absolute atomic E-state index is 0.0635. The number of nitrogens with zero attached hydrogens (tertiary/aromatic N) is 2. The molecule has 1 fully saturated rings. The van der Waals surface area contributed by atoms with E-state index < -0.39 is 10.0 Å². The predicted molar refractivity (Wildman–Crippen MR) is 174 cm³/mol. The Morgan fingerprint density at radius 3 is 2.02 bits per heavy atom. The lowest BCUT2D eigenvalue weighted by Gasteiger charge is -2.40. The van der Waals surface area contributed by atoms with Crippen molar-refractivity contribution in [2.24, 2.45) is 5.92 Å². The van der Waals surface area contributed by atoms with E-state index in [4.69, 9.17) is 23.2 Å². The maximum atomic E-state index is 14.0. The second-order valence-corrected chi connectivity index (χ2v) is 14.3. The Morgan fingerprint density at radius 2 is 1.40 bits per heavy atom. The molecule has 7 rings (SSSR count). The highest BCUT2D eigenvalue weighted by atomic mass is 35.5. The third-order valence-corrected chi connectivity index (χ3v) is 11.7. The van der Waals surface area contributed by atoms with Crippen LogP contribution in [0, 0.1) is 5.92 Å². The molecule has 5 nitrogen and oxygen atoms in total. The second-order valence-electron chi connectivity index (χ2n) is 11.5. The largest absolute Gasteiger partial charge is 0.378 e. The van der Waals surface area contributed by atoms with Crippen molar-refractivity contribution >= 4 is 38.9 Å². The van der Waals surface area contributed by atoms with E-state index in [2.05, 4.69) is 70.9 Å². The number of fused-ring (bicyclic) bond motifs is 3. The van der Waals surface area contributed by atoms with Crippen molar-refractivity contribution in [2.75, 3.05) is 31.5 Å². The summed E-state index contributed by atoms with van der Waals surface area (Å²) in [5, 5.41) is 4.93. The molecule has 2 aliphatic heterocycles. The smallest absolute Gasteiger partial charge is 0.243 e. The lowest BCUT2D eigenvalue weighted by molar-refractivity contribution is 0.156. The Labute approximate surface area is 263 Å². The first-order chi connectivity index (χ1) is 20.9. The molecule has 0 aromatic heterocycles. The van der Waals surface area contributed by atoms with Gasteiger partial charge in [-0.05, 0) is 59.4 Å². The summed E-state index contributed by atoms with van der Waals surface area (Å²) in [5.74, 6) is 0.275. The predicted octanol–water partition coefficient (Wildman–Crippen LogP) is 7.92. The topological polar surface area (TPSA) is 52.7 Å². The van der Waals surface area contributed by atoms with E-state index in [1.807, 2.05) is 42.5 Å². The normalized spacial score (nSPS) is 22.3. The van der Waals surface area contributed by atoms with Crippen molar-refractivity contribution in [3.8, 4) is 0 Å². The Hall–Kier alpha value is -3.13. The zero-order valence-electron chi connectivity index (χ0n) is 23.6. The molecule has 220 valence electrons. The maximum Gasteiger partial charge on any atom is 0.243 e. The van der Waals surface area contributed by atoms with Gasteiger partial charge in [-0.25, -0.2) is 8.42 Å². The molecule has 3 atom stereocenters. The molecule has 0 amide bonds. The molecular formula is C35H33Cl2N3O2S. The van der Waals surface area contributed by atoms with E-state index in [9.17, 15) is 8.42 Å². The molecule has 1 aliphatic carbocycles. The summed E-state index contributed by atoms with van der Waals surface area (Å²) in [6.07, 6.45) is 5.25. The summed E-state index contributed by atoms with van der Waals surface area (Å²) < 4.78 is 29.6. The number of hydrogen-bond donors (Lipinski definition) is 1. The SMILES string of the molecule is O=S(=O)(c1ccc2c(c1)C1C=CCC1C(c1c(Cl)cccc1Cl)N2)N1CCN(C(c2ccccc2)c2ccccc2)CC1. The van der Waals surface area contributed by atoms with Gasteiger partial charge in [0, 0.05) is 53.4 Å². The molecule has 0 spiro atoms. The molecule has 2 heterocycles. The zero-order chi connectivity index (χ0) is 29.6. The standard InChI is InChI=1S/C35H33Cl2N3O2S/c36-30-15-8-16-31(37)33(30)34-28-14-7-13-27(28)29-23-26(17-18-32(29)38-34)43(41,42)40-21-19-39(20-22-40)35(24-9-3-1-4-10-24)25-11-5-2-6-12-25/h1-13,15-18,23,27-28,34-35,38H,14,19-22H2. The Bertz CT molecular complexity index is 1700. The van der Waals surface area contributed by atoms with Crippen LogP contribution in [0.2, 0.25) is 10.0 Å².